The average molecular weight is 314 g/mol. The molecule has 0 spiro atoms. The first-order valence-corrected chi connectivity index (χ1v) is 8.39. The Morgan fingerprint density at radius 2 is 1.28 bits per heavy atom. The molecule has 0 unspecified atom stereocenters. The molecule has 1 aliphatic rings. The molecule has 4 aromatic rings. The van der Waals surface area contributed by atoms with Gasteiger partial charge in [-0.2, -0.15) is 0 Å². The van der Waals surface area contributed by atoms with Gasteiger partial charge in [0.1, 0.15) is 0 Å². The van der Waals surface area contributed by atoms with Crippen molar-refractivity contribution in [1.29, 1.82) is 0 Å². The molecule has 0 fully saturated rings. The zero-order valence-electron chi connectivity index (χ0n) is 13.6. The van der Waals surface area contributed by atoms with Crippen LogP contribution in [0.4, 0.5) is 0 Å². The first kappa shape index (κ1) is 14.2. The van der Waals surface area contributed by atoms with Crippen molar-refractivity contribution in [1.82, 2.24) is 0 Å². The molecule has 0 saturated carbocycles. The number of benzene rings is 4. The van der Waals surface area contributed by atoms with Gasteiger partial charge in [-0.3, -0.25) is 0 Å². The Bertz CT molecular complexity index is 957. The third-order valence-corrected chi connectivity index (χ3v) is 4.70. The van der Waals surface area contributed by atoms with E-state index in [0.717, 1.165) is 16.7 Å². The molecule has 0 aliphatic heterocycles. The van der Waals surface area contributed by atoms with E-state index in [2.05, 4.69) is 97.4 Å². The molecule has 1 aliphatic carbocycles. The van der Waals surface area contributed by atoms with Gasteiger partial charge in [-0.05, 0) is 62.7 Å². The Hall–Kier alpha value is -3.12. The summed E-state index contributed by atoms with van der Waals surface area (Å²) in [6.45, 7) is 0. The lowest BCUT2D eigenvalue weighted by Crippen LogP contribution is -1.89. The molecule has 5 rings (SSSR count). The average Bonchev–Trinajstić information content (AvgIpc) is 3.08. The molecule has 4 radical (unpaired) electrons. The van der Waals surface area contributed by atoms with Crippen molar-refractivity contribution in [2.24, 2.45) is 0 Å². The highest BCUT2D eigenvalue weighted by atomic mass is 14.3. The molecule has 0 amide bonds. The largest absolute Gasteiger partial charge is 0.0622 e. The maximum Gasteiger partial charge on any atom is 0.0219 e. The first-order chi connectivity index (χ1) is 12.4. The Morgan fingerprint density at radius 1 is 0.560 bits per heavy atom. The van der Waals surface area contributed by atoms with Gasteiger partial charge in [-0.25, -0.2) is 0 Å². The van der Waals surface area contributed by atoms with Crippen molar-refractivity contribution in [2.75, 3.05) is 0 Å². The van der Waals surface area contributed by atoms with Crippen molar-refractivity contribution < 1.29 is 0 Å². The first-order valence-electron chi connectivity index (χ1n) is 8.39. The third kappa shape index (κ3) is 2.30. The van der Waals surface area contributed by atoms with Gasteiger partial charge in [0, 0.05) is 6.42 Å². The van der Waals surface area contributed by atoms with E-state index in [0.29, 0.717) is 0 Å². The number of fused-ring (bicyclic) bond motifs is 3. The predicted molar refractivity (Wildman–Crippen MR) is 102 cm³/mol. The molecule has 25 heavy (non-hydrogen) atoms. The minimum atomic E-state index is 1.09. The topological polar surface area (TPSA) is 0 Å². The fraction of sp³-hybridized carbons (Fsp3) is 0. The highest BCUT2D eigenvalue weighted by Gasteiger charge is 2.25. The molecule has 0 heterocycles. The fourth-order valence-electron chi connectivity index (χ4n) is 3.59. The van der Waals surface area contributed by atoms with E-state index in [4.69, 9.17) is 0 Å². The highest BCUT2D eigenvalue weighted by molar-refractivity contribution is 5.99. The van der Waals surface area contributed by atoms with Gasteiger partial charge in [-0.15, -0.1) is 0 Å². The summed E-state index contributed by atoms with van der Waals surface area (Å²) in [5.74, 6) is 0. The molecule has 0 heteroatoms. The summed E-state index contributed by atoms with van der Waals surface area (Å²) in [6.07, 6.45) is 2.20. The second kappa shape index (κ2) is 5.75. The minimum Gasteiger partial charge on any atom is -0.0622 e. The molecular formula is C25H14. The molecule has 4 aromatic carbocycles. The lowest BCUT2D eigenvalue weighted by Gasteiger charge is -2.13. The van der Waals surface area contributed by atoms with Crippen molar-refractivity contribution in [3.63, 3.8) is 0 Å². The fourth-order valence-corrected chi connectivity index (χ4v) is 3.59. The van der Waals surface area contributed by atoms with Crippen LogP contribution in [0, 0.1) is 24.6 Å². The SMILES string of the molecule is [c]1[c]c2c(c(-c3ccccc3)[c]1)-c1c(cccc1-c1ccccc1)[CH]2. The van der Waals surface area contributed by atoms with Crippen LogP contribution in [0.25, 0.3) is 33.4 Å². The van der Waals surface area contributed by atoms with Crippen molar-refractivity contribution in [3.8, 4) is 33.4 Å². The number of rotatable bonds is 2. The van der Waals surface area contributed by atoms with E-state index >= 15 is 0 Å². The Labute approximate surface area is 148 Å². The van der Waals surface area contributed by atoms with E-state index in [1.807, 2.05) is 6.07 Å². The smallest absolute Gasteiger partial charge is 0.0219 e. The quantitative estimate of drug-likeness (QED) is 0.375. The molecule has 0 aromatic heterocycles. The monoisotopic (exact) mass is 314 g/mol. The van der Waals surface area contributed by atoms with Crippen LogP contribution in [0.5, 0.6) is 0 Å². The molecule has 114 valence electrons. The van der Waals surface area contributed by atoms with E-state index in [1.165, 1.54) is 27.8 Å². The van der Waals surface area contributed by atoms with E-state index in [-0.39, 0.29) is 0 Å². The zero-order chi connectivity index (χ0) is 16.6. The van der Waals surface area contributed by atoms with Gasteiger partial charge in [0.25, 0.3) is 0 Å². The molecule has 0 atom stereocenters. The van der Waals surface area contributed by atoms with E-state index in [9.17, 15) is 0 Å². The van der Waals surface area contributed by atoms with Crippen molar-refractivity contribution in [2.45, 2.75) is 0 Å². The van der Waals surface area contributed by atoms with Crippen LogP contribution in [0.2, 0.25) is 0 Å². The van der Waals surface area contributed by atoms with E-state index < -0.39 is 0 Å². The van der Waals surface area contributed by atoms with Gasteiger partial charge < -0.3 is 0 Å². The van der Waals surface area contributed by atoms with Crippen LogP contribution in [-0.2, 0) is 0 Å². The third-order valence-electron chi connectivity index (χ3n) is 4.70. The molecule has 0 nitrogen and oxygen atoms in total. The number of hydrogen-bond acceptors (Lipinski definition) is 0. The van der Waals surface area contributed by atoms with Gasteiger partial charge in [-0.1, -0.05) is 78.9 Å². The van der Waals surface area contributed by atoms with Crippen LogP contribution in [0.3, 0.4) is 0 Å². The molecule has 0 N–H and O–H groups in total. The summed E-state index contributed by atoms with van der Waals surface area (Å²) in [6, 6.07) is 37.1. The predicted octanol–water partition coefficient (Wildman–Crippen LogP) is 6.00. The van der Waals surface area contributed by atoms with Gasteiger partial charge in [0.2, 0.25) is 0 Å². The number of hydrogen-bond donors (Lipinski definition) is 0. The normalized spacial score (nSPS) is 11.8. The maximum atomic E-state index is 3.30. The van der Waals surface area contributed by atoms with Crippen molar-refractivity contribution >= 4 is 0 Å². The summed E-state index contributed by atoms with van der Waals surface area (Å²) < 4.78 is 0. The van der Waals surface area contributed by atoms with Gasteiger partial charge >= 0.3 is 0 Å². The summed E-state index contributed by atoms with van der Waals surface area (Å²) in [5, 5.41) is 0. The molecule has 0 bridgehead atoms. The van der Waals surface area contributed by atoms with Crippen LogP contribution in [0.1, 0.15) is 11.1 Å². The van der Waals surface area contributed by atoms with Crippen LogP contribution < -0.4 is 0 Å². The summed E-state index contributed by atoms with van der Waals surface area (Å²) in [4.78, 5) is 0. The summed E-state index contributed by atoms with van der Waals surface area (Å²) >= 11 is 0. The minimum absolute atomic E-state index is 1.09. The van der Waals surface area contributed by atoms with Crippen LogP contribution in [-0.4, -0.2) is 0 Å². The van der Waals surface area contributed by atoms with Crippen LogP contribution in [0.15, 0.2) is 78.9 Å². The van der Waals surface area contributed by atoms with Crippen LogP contribution >= 0.6 is 0 Å². The summed E-state index contributed by atoms with van der Waals surface area (Å²) in [5.41, 5.74) is 9.53. The van der Waals surface area contributed by atoms with Gasteiger partial charge in [0.05, 0.1) is 0 Å². The zero-order valence-corrected chi connectivity index (χ0v) is 13.6. The van der Waals surface area contributed by atoms with Crippen molar-refractivity contribution in [3.05, 3.63) is 115 Å². The van der Waals surface area contributed by atoms with E-state index in [1.54, 1.807) is 0 Å². The Kier molecular flexibility index (Phi) is 3.28. The Morgan fingerprint density at radius 3 is 2.04 bits per heavy atom. The maximum absolute atomic E-state index is 3.30. The second-order valence-electron chi connectivity index (χ2n) is 6.18. The highest BCUT2D eigenvalue weighted by Crippen LogP contribution is 2.47. The molecular weight excluding hydrogens is 300 g/mol. The van der Waals surface area contributed by atoms with Gasteiger partial charge in [0.15, 0.2) is 0 Å². The Balaban J connectivity index is 1.81. The second-order valence-corrected chi connectivity index (χ2v) is 6.18. The lowest BCUT2D eigenvalue weighted by molar-refractivity contribution is 1.51. The summed E-state index contributed by atoms with van der Waals surface area (Å²) in [7, 11) is 0. The molecule has 0 saturated heterocycles. The standard InChI is InChI=1S/C25H14/c1-3-9-18(10-4-1)22-15-7-13-20-17-21-14-8-16-23(25(21)24(20)22)19-11-5-2-6-12-19/h1-7,9-13,15,17H. The lowest BCUT2D eigenvalue weighted by atomic mass is 9.89.